The molecule has 0 aliphatic carbocycles. The van der Waals surface area contributed by atoms with Crippen LogP contribution in [0.3, 0.4) is 0 Å². The number of rotatable bonds is 5. The van der Waals surface area contributed by atoms with Gasteiger partial charge in [-0.05, 0) is 24.6 Å². The summed E-state index contributed by atoms with van der Waals surface area (Å²) in [5.41, 5.74) is 5.63. The number of hydrogen-bond donors (Lipinski definition) is 3. The number of oxime groups is 1. The predicted molar refractivity (Wildman–Crippen MR) is 60.7 cm³/mol. The third kappa shape index (κ3) is 3.67. The molecule has 0 fully saturated rings. The molecule has 1 unspecified atom stereocenters. The summed E-state index contributed by atoms with van der Waals surface area (Å²) in [5, 5.41) is 14.3. The van der Waals surface area contributed by atoms with Crippen molar-refractivity contribution >= 4 is 5.84 Å². The molecule has 1 aromatic carbocycles. The maximum atomic E-state index is 13.3. The van der Waals surface area contributed by atoms with Crippen molar-refractivity contribution in [2.75, 3.05) is 0 Å². The molecule has 0 saturated heterocycles. The minimum Gasteiger partial charge on any atom is -0.409 e. The van der Waals surface area contributed by atoms with E-state index in [9.17, 15) is 8.78 Å². The summed E-state index contributed by atoms with van der Waals surface area (Å²) in [6.07, 6.45) is 0.576. The first-order chi connectivity index (χ1) is 8.08. The van der Waals surface area contributed by atoms with Crippen LogP contribution in [-0.4, -0.2) is 17.1 Å². The lowest BCUT2D eigenvalue weighted by molar-refractivity contribution is 0.314. The first-order valence-corrected chi connectivity index (χ1v) is 5.23. The SMILES string of the molecule is CCC(NCc1cc(F)ccc1F)C(N)=NO. The van der Waals surface area contributed by atoms with Gasteiger partial charge in [-0.3, -0.25) is 0 Å². The van der Waals surface area contributed by atoms with Gasteiger partial charge in [-0.2, -0.15) is 0 Å². The van der Waals surface area contributed by atoms with E-state index in [2.05, 4.69) is 10.5 Å². The normalized spacial score (nSPS) is 13.7. The van der Waals surface area contributed by atoms with E-state index in [1.165, 1.54) is 0 Å². The van der Waals surface area contributed by atoms with Gasteiger partial charge >= 0.3 is 0 Å². The van der Waals surface area contributed by atoms with Gasteiger partial charge in [0.05, 0.1) is 6.04 Å². The summed E-state index contributed by atoms with van der Waals surface area (Å²) in [6.45, 7) is 1.94. The van der Waals surface area contributed by atoms with Gasteiger partial charge in [-0.1, -0.05) is 12.1 Å². The Morgan fingerprint density at radius 1 is 1.53 bits per heavy atom. The van der Waals surface area contributed by atoms with Crippen molar-refractivity contribution in [3.8, 4) is 0 Å². The molecule has 1 rings (SSSR count). The van der Waals surface area contributed by atoms with E-state index >= 15 is 0 Å². The number of nitrogens with one attached hydrogen (secondary N) is 1. The van der Waals surface area contributed by atoms with Crippen LogP contribution in [0.25, 0.3) is 0 Å². The van der Waals surface area contributed by atoms with Crippen LogP contribution in [0.4, 0.5) is 8.78 Å². The molecular weight excluding hydrogens is 228 g/mol. The Labute approximate surface area is 98.1 Å². The van der Waals surface area contributed by atoms with E-state index < -0.39 is 11.6 Å². The summed E-state index contributed by atoms with van der Waals surface area (Å²) in [4.78, 5) is 0. The van der Waals surface area contributed by atoms with Crippen LogP contribution >= 0.6 is 0 Å². The van der Waals surface area contributed by atoms with Gasteiger partial charge in [0, 0.05) is 12.1 Å². The Hall–Kier alpha value is -1.69. The number of nitrogens with two attached hydrogens (primary N) is 1. The molecule has 17 heavy (non-hydrogen) atoms. The molecule has 0 amide bonds. The first kappa shape index (κ1) is 13.4. The Balaban J connectivity index is 2.69. The minimum absolute atomic E-state index is 0.0179. The van der Waals surface area contributed by atoms with Crippen LogP contribution in [-0.2, 0) is 6.54 Å². The van der Waals surface area contributed by atoms with Crippen molar-refractivity contribution in [1.29, 1.82) is 0 Å². The summed E-state index contributed by atoms with van der Waals surface area (Å²) < 4.78 is 26.2. The average Bonchev–Trinajstić information content (AvgIpc) is 2.33. The Kier molecular flexibility index (Phi) is 4.84. The highest BCUT2D eigenvalue weighted by Gasteiger charge is 2.12. The number of nitrogens with zero attached hydrogens (tertiary/aromatic N) is 1. The number of amidine groups is 1. The Morgan fingerprint density at radius 2 is 2.24 bits per heavy atom. The minimum atomic E-state index is -0.500. The van der Waals surface area contributed by atoms with Crippen LogP contribution in [0, 0.1) is 11.6 Å². The van der Waals surface area contributed by atoms with Gasteiger partial charge in [0.2, 0.25) is 0 Å². The highest BCUT2D eigenvalue weighted by atomic mass is 19.1. The molecule has 0 aromatic heterocycles. The smallest absolute Gasteiger partial charge is 0.156 e. The number of halogens is 2. The first-order valence-electron chi connectivity index (χ1n) is 5.23. The highest BCUT2D eigenvalue weighted by molar-refractivity contribution is 5.85. The highest BCUT2D eigenvalue weighted by Crippen LogP contribution is 2.09. The van der Waals surface area contributed by atoms with Crippen LogP contribution in [0.1, 0.15) is 18.9 Å². The molecule has 0 bridgehead atoms. The maximum absolute atomic E-state index is 13.3. The molecule has 1 atom stereocenters. The monoisotopic (exact) mass is 243 g/mol. The molecule has 0 radical (unpaired) electrons. The van der Waals surface area contributed by atoms with Crippen LogP contribution < -0.4 is 11.1 Å². The molecule has 94 valence electrons. The molecule has 0 heterocycles. The lowest BCUT2D eigenvalue weighted by Gasteiger charge is -2.15. The second-order valence-electron chi connectivity index (χ2n) is 3.60. The quantitative estimate of drug-likeness (QED) is 0.318. The van der Waals surface area contributed by atoms with Crippen molar-refractivity contribution in [2.45, 2.75) is 25.9 Å². The average molecular weight is 243 g/mol. The molecule has 0 saturated carbocycles. The third-order valence-electron chi connectivity index (χ3n) is 2.43. The fraction of sp³-hybridized carbons (Fsp3) is 0.364. The largest absolute Gasteiger partial charge is 0.409 e. The Bertz CT molecular complexity index is 410. The second kappa shape index (κ2) is 6.15. The van der Waals surface area contributed by atoms with Crippen molar-refractivity contribution in [2.24, 2.45) is 10.9 Å². The van der Waals surface area contributed by atoms with Crippen molar-refractivity contribution in [3.63, 3.8) is 0 Å². The predicted octanol–water partition coefficient (Wildman–Crippen LogP) is 1.58. The fourth-order valence-electron chi connectivity index (χ4n) is 1.44. The Morgan fingerprint density at radius 3 is 2.82 bits per heavy atom. The number of hydrogen-bond acceptors (Lipinski definition) is 3. The molecule has 4 nitrogen and oxygen atoms in total. The van der Waals surface area contributed by atoms with Gasteiger partial charge in [-0.15, -0.1) is 0 Å². The zero-order chi connectivity index (χ0) is 12.8. The van der Waals surface area contributed by atoms with Gasteiger partial charge in [0.1, 0.15) is 11.6 Å². The van der Waals surface area contributed by atoms with Gasteiger partial charge in [-0.25, -0.2) is 8.78 Å². The molecule has 1 aromatic rings. The maximum Gasteiger partial charge on any atom is 0.156 e. The standard InChI is InChI=1S/C11H15F2N3O/c1-2-10(11(14)16-17)15-6-7-5-8(12)3-4-9(7)13/h3-5,10,15,17H,2,6H2,1H3,(H2,14,16). The summed E-state index contributed by atoms with van der Waals surface area (Å²) >= 11 is 0. The van der Waals surface area contributed by atoms with Crippen LogP contribution in [0.15, 0.2) is 23.4 Å². The summed E-state index contributed by atoms with van der Waals surface area (Å²) in [7, 11) is 0. The molecular formula is C11H15F2N3O. The van der Waals surface area contributed by atoms with Crippen molar-refractivity contribution < 1.29 is 14.0 Å². The summed E-state index contributed by atoms with van der Waals surface area (Å²) in [6, 6.07) is 2.86. The van der Waals surface area contributed by atoms with Crippen LogP contribution in [0.2, 0.25) is 0 Å². The fourth-order valence-corrected chi connectivity index (χ4v) is 1.44. The topological polar surface area (TPSA) is 70.6 Å². The summed E-state index contributed by atoms with van der Waals surface area (Å²) in [5.74, 6) is -0.974. The zero-order valence-electron chi connectivity index (χ0n) is 9.45. The van der Waals surface area contributed by atoms with E-state index in [0.29, 0.717) is 6.42 Å². The lowest BCUT2D eigenvalue weighted by Crippen LogP contribution is -2.40. The van der Waals surface area contributed by atoms with Gasteiger partial charge in [0.15, 0.2) is 5.84 Å². The van der Waals surface area contributed by atoms with E-state index in [4.69, 9.17) is 10.9 Å². The molecule has 4 N–H and O–H groups in total. The number of benzene rings is 1. The van der Waals surface area contributed by atoms with E-state index in [1.54, 1.807) is 0 Å². The van der Waals surface area contributed by atoms with Gasteiger partial charge in [0.25, 0.3) is 0 Å². The van der Waals surface area contributed by atoms with Crippen LogP contribution in [0.5, 0.6) is 0 Å². The molecule has 6 heteroatoms. The van der Waals surface area contributed by atoms with Crippen molar-refractivity contribution in [1.82, 2.24) is 5.32 Å². The zero-order valence-corrected chi connectivity index (χ0v) is 9.45. The van der Waals surface area contributed by atoms with E-state index in [1.807, 2.05) is 6.92 Å². The van der Waals surface area contributed by atoms with E-state index in [-0.39, 0.29) is 24.0 Å². The van der Waals surface area contributed by atoms with E-state index in [0.717, 1.165) is 18.2 Å². The lowest BCUT2D eigenvalue weighted by atomic mass is 10.1. The second-order valence-corrected chi connectivity index (χ2v) is 3.60. The van der Waals surface area contributed by atoms with Crippen molar-refractivity contribution in [3.05, 3.63) is 35.4 Å². The third-order valence-corrected chi connectivity index (χ3v) is 2.43. The molecule has 0 spiro atoms. The molecule has 0 aliphatic heterocycles. The van der Waals surface area contributed by atoms with Gasteiger partial charge < -0.3 is 16.3 Å². The molecule has 0 aliphatic rings.